The normalized spacial score (nSPS) is 17.8. The molecule has 1 aliphatic carbocycles. The standard InChI is InChI=1S/C18H29N/c1-3-11-19-14-18(13-16-8-4-5-9-16)17-10-6-7-15(2)12-17/h6-7,10,12,16,18-19H,3-5,8-9,11,13-14H2,1-2H3. The molecule has 0 spiro atoms. The van der Waals surface area contributed by atoms with Gasteiger partial charge in [-0.3, -0.25) is 0 Å². The minimum absolute atomic E-state index is 0.703. The third kappa shape index (κ3) is 4.65. The number of nitrogens with one attached hydrogen (secondary N) is 1. The lowest BCUT2D eigenvalue weighted by molar-refractivity contribution is 0.427. The third-order valence-electron chi connectivity index (χ3n) is 4.42. The molecule has 0 aliphatic heterocycles. The smallest absolute Gasteiger partial charge is 0.00202 e. The maximum Gasteiger partial charge on any atom is 0.00202 e. The van der Waals surface area contributed by atoms with Crippen LogP contribution in [0.5, 0.6) is 0 Å². The Morgan fingerprint density at radius 2 is 2.05 bits per heavy atom. The van der Waals surface area contributed by atoms with E-state index in [-0.39, 0.29) is 0 Å². The summed E-state index contributed by atoms with van der Waals surface area (Å²) in [6.07, 6.45) is 8.41. The first-order chi connectivity index (χ1) is 9.29. The van der Waals surface area contributed by atoms with Gasteiger partial charge in [-0.2, -0.15) is 0 Å². The second kappa shape index (κ2) is 7.69. The highest BCUT2D eigenvalue weighted by Crippen LogP contribution is 2.34. The minimum Gasteiger partial charge on any atom is -0.316 e. The molecule has 0 bridgehead atoms. The minimum atomic E-state index is 0.703. The van der Waals surface area contributed by atoms with Crippen molar-refractivity contribution >= 4 is 0 Å². The van der Waals surface area contributed by atoms with Crippen molar-refractivity contribution in [3.8, 4) is 0 Å². The summed E-state index contributed by atoms with van der Waals surface area (Å²) in [5.41, 5.74) is 2.93. The summed E-state index contributed by atoms with van der Waals surface area (Å²) >= 11 is 0. The summed E-state index contributed by atoms with van der Waals surface area (Å²) < 4.78 is 0. The highest BCUT2D eigenvalue weighted by Gasteiger charge is 2.21. The fraction of sp³-hybridized carbons (Fsp3) is 0.667. The van der Waals surface area contributed by atoms with Gasteiger partial charge in [0.05, 0.1) is 0 Å². The Balaban J connectivity index is 1.99. The monoisotopic (exact) mass is 259 g/mol. The average Bonchev–Trinajstić information content (AvgIpc) is 2.91. The number of hydrogen-bond donors (Lipinski definition) is 1. The number of rotatable bonds is 7. The molecule has 1 fully saturated rings. The van der Waals surface area contributed by atoms with Gasteiger partial charge in [-0.15, -0.1) is 0 Å². The summed E-state index contributed by atoms with van der Waals surface area (Å²) in [6.45, 7) is 6.74. The lowest BCUT2D eigenvalue weighted by Gasteiger charge is -2.22. The van der Waals surface area contributed by atoms with Crippen LogP contribution in [0.1, 0.15) is 62.5 Å². The average molecular weight is 259 g/mol. The van der Waals surface area contributed by atoms with Gasteiger partial charge in [0.2, 0.25) is 0 Å². The molecule has 1 saturated carbocycles. The van der Waals surface area contributed by atoms with Crippen LogP contribution >= 0.6 is 0 Å². The number of hydrogen-bond acceptors (Lipinski definition) is 1. The molecule has 0 heterocycles. The van der Waals surface area contributed by atoms with Crippen molar-refractivity contribution in [2.45, 2.75) is 58.3 Å². The highest BCUT2D eigenvalue weighted by molar-refractivity contribution is 5.26. The Hall–Kier alpha value is -0.820. The van der Waals surface area contributed by atoms with Crippen LogP contribution in [-0.2, 0) is 0 Å². The summed E-state index contributed by atoms with van der Waals surface area (Å²) in [6, 6.07) is 9.12. The van der Waals surface area contributed by atoms with Crippen molar-refractivity contribution in [3.05, 3.63) is 35.4 Å². The molecule has 19 heavy (non-hydrogen) atoms. The number of aryl methyl sites for hydroxylation is 1. The molecule has 106 valence electrons. The van der Waals surface area contributed by atoms with E-state index in [0.717, 1.165) is 19.0 Å². The summed E-state index contributed by atoms with van der Waals surface area (Å²) in [7, 11) is 0. The van der Waals surface area contributed by atoms with E-state index in [1.165, 1.54) is 49.7 Å². The Morgan fingerprint density at radius 1 is 1.26 bits per heavy atom. The fourth-order valence-electron chi connectivity index (χ4n) is 3.36. The topological polar surface area (TPSA) is 12.0 Å². The predicted octanol–water partition coefficient (Wildman–Crippen LogP) is 4.66. The molecule has 1 unspecified atom stereocenters. The largest absolute Gasteiger partial charge is 0.316 e. The van der Waals surface area contributed by atoms with Crippen molar-refractivity contribution in [2.24, 2.45) is 5.92 Å². The van der Waals surface area contributed by atoms with Gasteiger partial charge < -0.3 is 5.32 Å². The van der Waals surface area contributed by atoms with Crippen LogP contribution in [0.15, 0.2) is 24.3 Å². The first-order valence-electron chi connectivity index (χ1n) is 8.07. The summed E-state index contributed by atoms with van der Waals surface area (Å²) in [4.78, 5) is 0. The van der Waals surface area contributed by atoms with Gasteiger partial charge in [0, 0.05) is 6.54 Å². The zero-order valence-corrected chi connectivity index (χ0v) is 12.6. The molecular weight excluding hydrogens is 230 g/mol. The molecule has 1 N–H and O–H groups in total. The van der Waals surface area contributed by atoms with E-state index in [1.807, 2.05) is 0 Å². The molecule has 1 nitrogen and oxygen atoms in total. The maximum atomic E-state index is 3.63. The molecule has 2 rings (SSSR count). The Kier molecular flexibility index (Phi) is 5.91. The molecule has 0 amide bonds. The zero-order valence-electron chi connectivity index (χ0n) is 12.6. The van der Waals surface area contributed by atoms with Gasteiger partial charge in [-0.05, 0) is 43.7 Å². The molecule has 1 aromatic carbocycles. The number of benzene rings is 1. The zero-order chi connectivity index (χ0) is 13.5. The lowest BCUT2D eigenvalue weighted by Crippen LogP contribution is -2.23. The van der Waals surface area contributed by atoms with Crippen LogP contribution in [0.25, 0.3) is 0 Å². The van der Waals surface area contributed by atoms with Crippen LogP contribution in [0.2, 0.25) is 0 Å². The molecule has 1 aromatic rings. The Bertz CT molecular complexity index is 366. The van der Waals surface area contributed by atoms with E-state index < -0.39 is 0 Å². The van der Waals surface area contributed by atoms with Crippen molar-refractivity contribution in [1.29, 1.82) is 0 Å². The molecule has 1 aliphatic rings. The van der Waals surface area contributed by atoms with Gasteiger partial charge in [-0.25, -0.2) is 0 Å². The molecule has 1 heteroatoms. The lowest BCUT2D eigenvalue weighted by atomic mass is 9.87. The summed E-state index contributed by atoms with van der Waals surface area (Å²) in [5.74, 6) is 1.67. The first kappa shape index (κ1) is 14.6. The van der Waals surface area contributed by atoms with Crippen molar-refractivity contribution in [2.75, 3.05) is 13.1 Å². The van der Waals surface area contributed by atoms with E-state index in [0.29, 0.717) is 5.92 Å². The maximum absolute atomic E-state index is 3.63. The van der Waals surface area contributed by atoms with Gasteiger partial charge >= 0.3 is 0 Å². The third-order valence-corrected chi connectivity index (χ3v) is 4.42. The van der Waals surface area contributed by atoms with Crippen molar-refractivity contribution in [1.82, 2.24) is 5.32 Å². The summed E-state index contributed by atoms with van der Waals surface area (Å²) in [5, 5.41) is 3.63. The SMILES string of the molecule is CCCNCC(CC1CCCC1)c1cccc(C)c1. The van der Waals surface area contributed by atoms with E-state index in [9.17, 15) is 0 Å². The van der Waals surface area contributed by atoms with Crippen LogP contribution in [0.4, 0.5) is 0 Å². The van der Waals surface area contributed by atoms with Crippen LogP contribution in [-0.4, -0.2) is 13.1 Å². The van der Waals surface area contributed by atoms with Gasteiger partial charge in [0.15, 0.2) is 0 Å². The molecule has 0 aromatic heterocycles. The molecule has 0 radical (unpaired) electrons. The second-order valence-electron chi connectivity index (χ2n) is 6.20. The van der Waals surface area contributed by atoms with Crippen LogP contribution < -0.4 is 5.32 Å². The van der Waals surface area contributed by atoms with Gasteiger partial charge in [-0.1, -0.05) is 62.4 Å². The Labute approximate surface area is 118 Å². The molecule has 1 atom stereocenters. The molecule has 0 saturated heterocycles. The quantitative estimate of drug-likeness (QED) is 0.702. The van der Waals surface area contributed by atoms with Gasteiger partial charge in [0.1, 0.15) is 0 Å². The van der Waals surface area contributed by atoms with E-state index in [2.05, 4.69) is 43.4 Å². The van der Waals surface area contributed by atoms with Crippen LogP contribution in [0, 0.1) is 12.8 Å². The Morgan fingerprint density at radius 3 is 2.74 bits per heavy atom. The van der Waals surface area contributed by atoms with Gasteiger partial charge in [0.25, 0.3) is 0 Å². The van der Waals surface area contributed by atoms with E-state index in [4.69, 9.17) is 0 Å². The van der Waals surface area contributed by atoms with Crippen molar-refractivity contribution < 1.29 is 0 Å². The van der Waals surface area contributed by atoms with E-state index >= 15 is 0 Å². The first-order valence-corrected chi connectivity index (χ1v) is 8.07. The predicted molar refractivity (Wildman–Crippen MR) is 83.7 cm³/mol. The molecular formula is C18H29N. The fourth-order valence-corrected chi connectivity index (χ4v) is 3.36. The second-order valence-corrected chi connectivity index (χ2v) is 6.20. The van der Waals surface area contributed by atoms with Crippen LogP contribution in [0.3, 0.4) is 0 Å². The highest BCUT2D eigenvalue weighted by atomic mass is 14.8. The van der Waals surface area contributed by atoms with Crippen molar-refractivity contribution in [3.63, 3.8) is 0 Å². The van der Waals surface area contributed by atoms with E-state index in [1.54, 1.807) is 0 Å².